The molecular formula is C14H20F2N2. The number of hydrogen-bond donors (Lipinski definition) is 1. The van der Waals surface area contributed by atoms with Crippen molar-refractivity contribution in [3.8, 4) is 0 Å². The molecule has 0 saturated carbocycles. The van der Waals surface area contributed by atoms with Gasteiger partial charge in [0, 0.05) is 18.6 Å². The number of hydrazine groups is 1. The number of nitrogens with zero attached hydrogens (tertiary/aromatic N) is 1. The van der Waals surface area contributed by atoms with Crippen LogP contribution in [0.3, 0.4) is 0 Å². The van der Waals surface area contributed by atoms with Crippen LogP contribution >= 0.6 is 0 Å². The van der Waals surface area contributed by atoms with E-state index in [-0.39, 0.29) is 0 Å². The summed E-state index contributed by atoms with van der Waals surface area (Å²) in [7, 11) is 0. The van der Waals surface area contributed by atoms with Gasteiger partial charge in [-0.2, -0.15) is 0 Å². The topological polar surface area (TPSA) is 15.3 Å². The summed E-state index contributed by atoms with van der Waals surface area (Å²) < 4.78 is 25.9. The van der Waals surface area contributed by atoms with Crippen molar-refractivity contribution in [1.82, 2.24) is 10.4 Å². The van der Waals surface area contributed by atoms with Gasteiger partial charge in [0.25, 0.3) is 0 Å². The van der Waals surface area contributed by atoms with Crippen molar-refractivity contribution in [3.05, 3.63) is 35.4 Å². The highest BCUT2D eigenvalue weighted by atomic mass is 19.2. The van der Waals surface area contributed by atoms with Crippen LogP contribution in [0.4, 0.5) is 8.78 Å². The number of nitrogens with one attached hydrogen (secondary N) is 1. The van der Waals surface area contributed by atoms with Gasteiger partial charge in [-0.3, -0.25) is 5.43 Å². The van der Waals surface area contributed by atoms with Crippen molar-refractivity contribution in [2.75, 3.05) is 0 Å². The summed E-state index contributed by atoms with van der Waals surface area (Å²) in [6, 6.07) is 5.01. The smallest absolute Gasteiger partial charge is 0.159 e. The lowest BCUT2D eigenvalue weighted by Gasteiger charge is -2.39. The maximum Gasteiger partial charge on any atom is 0.159 e. The third-order valence-electron chi connectivity index (χ3n) is 3.64. The molecule has 100 valence electrons. The van der Waals surface area contributed by atoms with Crippen LogP contribution in [-0.2, 0) is 6.54 Å². The maximum atomic E-state index is 13.1. The average molecular weight is 254 g/mol. The fourth-order valence-corrected chi connectivity index (χ4v) is 2.57. The zero-order valence-electron chi connectivity index (χ0n) is 10.9. The molecule has 2 atom stereocenters. The molecule has 1 saturated heterocycles. The second kappa shape index (κ2) is 5.76. The van der Waals surface area contributed by atoms with Gasteiger partial charge in [0.1, 0.15) is 0 Å². The Hall–Kier alpha value is -1.00. The Morgan fingerprint density at radius 1 is 1.17 bits per heavy atom. The summed E-state index contributed by atoms with van der Waals surface area (Å²) in [6.07, 6.45) is 3.61. The molecular weight excluding hydrogens is 234 g/mol. The molecule has 1 N–H and O–H groups in total. The van der Waals surface area contributed by atoms with Crippen molar-refractivity contribution in [2.45, 2.75) is 51.7 Å². The molecule has 18 heavy (non-hydrogen) atoms. The Labute approximate surface area is 107 Å². The summed E-state index contributed by atoms with van der Waals surface area (Å²) in [5.41, 5.74) is 4.09. The summed E-state index contributed by atoms with van der Waals surface area (Å²) in [6.45, 7) is 4.91. The van der Waals surface area contributed by atoms with Gasteiger partial charge in [-0.05, 0) is 44.4 Å². The molecule has 0 spiro atoms. The molecule has 1 aliphatic rings. The van der Waals surface area contributed by atoms with Gasteiger partial charge >= 0.3 is 0 Å². The quantitative estimate of drug-likeness (QED) is 0.891. The van der Waals surface area contributed by atoms with E-state index >= 15 is 0 Å². The van der Waals surface area contributed by atoms with E-state index in [0.717, 1.165) is 5.56 Å². The molecule has 0 radical (unpaired) electrons. The fourth-order valence-electron chi connectivity index (χ4n) is 2.57. The van der Waals surface area contributed by atoms with Gasteiger partial charge in [-0.15, -0.1) is 0 Å². The maximum absolute atomic E-state index is 13.1. The van der Waals surface area contributed by atoms with Gasteiger partial charge in [0.05, 0.1) is 0 Å². The molecule has 4 heteroatoms. The van der Waals surface area contributed by atoms with E-state index in [2.05, 4.69) is 24.3 Å². The molecule has 1 aromatic carbocycles. The molecule has 0 bridgehead atoms. The van der Waals surface area contributed by atoms with Gasteiger partial charge in [-0.25, -0.2) is 13.8 Å². The second-order valence-corrected chi connectivity index (χ2v) is 5.12. The van der Waals surface area contributed by atoms with E-state index in [1.807, 2.05) is 0 Å². The highest BCUT2D eigenvalue weighted by Crippen LogP contribution is 2.20. The third kappa shape index (κ3) is 3.06. The van der Waals surface area contributed by atoms with Crippen LogP contribution in [0.2, 0.25) is 0 Å². The van der Waals surface area contributed by atoms with Crippen LogP contribution in [0.15, 0.2) is 18.2 Å². The van der Waals surface area contributed by atoms with Gasteiger partial charge in [0.15, 0.2) is 11.6 Å². The van der Waals surface area contributed by atoms with Crippen molar-refractivity contribution in [3.63, 3.8) is 0 Å². The van der Waals surface area contributed by atoms with E-state index in [1.54, 1.807) is 6.07 Å². The number of hydrogen-bond acceptors (Lipinski definition) is 2. The van der Waals surface area contributed by atoms with Crippen LogP contribution in [-0.4, -0.2) is 17.1 Å². The summed E-state index contributed by atoms with van der Waals surface area (Å²) >= 11 is 0. The lowest BCUT2D eigenvalue weighted by atomic mass is 10.00. The Balaban J connectivity index is 1.95. The number of benzene rings is 1. The minimum atomic E-state index is -0.793. The highest BCUT2D eigenvalue weighted by Gasteiger charge is 2.24. The van der Waals surface area contributed by atoms with Crippen LogP contribution < -0.4 is 5.43 Å². The van der Waals surface area contributed by atoms with Crippen LogP contribution in [0.25, 0.3) is 0 Å². The van der Waals surface area contributed by atoms with Crippen molar-refractivity contribution < 1.29 is 8.78 Å². The third-order valence-corrected chi connectivity index (χ3v) is 3.64. The predicted octanol–water partition coefficient (Wildman–Crippen LogP) is 3.23. The van der Waals surface area contributed by atoms with E-state index in [4.69, 9.17) is 0 Å². The fraction of sp³-hybridized carbons (Fsp3) is 0.571. The second-order valence-electron chi connectivity index (χ2n) is 5.12. The van der Waals surface area contributed by atoms with Gasteiger partial charge in [0.2, 0.25) is 0 Å². The van der Waals surface area contributed by atoms with Crippen LogP contribution in [0, 0.1) is 11.6 Å². The normalized spacial score (nSPS) is 25.3. The lowest BCUT2D eigenvalue weighted by Crippen LogP contribution is -2.51. The number of piperidine rings is 1. The van der Waals surface area contributed by atoms with Crippen molar-refractivity contribution >= 4 is 0 Å². The SMILES string of the molecule is CC1CCCC(C)N1NCc1ccc(F)c(F)c1. The molecule has 0 amide bonds. The first-order valence-electron chi connectivity index (χ1n) is 6.53. The zero-order chi connectivity index (χ0) is 13.1. The molecule has 1 fully saturated rings. The minimum Gasteiger partial charge on any atom is -0.250 e. The van der Waals surface area contributed by atoms with Crippen molar-refractivity contribution in [2.24, 2.45) is 0 Å². The molecule has 2 unspecified atom stereocenters. The summed E-state index contributed by atoms with van der Waals surface area (Å²) in [4.78, 5) is 0. The molecule has 2 nitrogen and oxygen atoms in total. The number of rotatable bonds is 3. The molecule has 1 heterocycles. The Morgan fingerprint density at radius 2 is 1.83 bits per heavy atom. The van der Waals surface area contributed by atoms with Crippen LogP contribution in [0.1, 0.15) is 38.7 Å². The first-order chi connectivity index (χ1) is 8.58. The monoisotopic (exact) mass is 254 g/mol. The Morgan fingerprint density at radius 3 is 2.44 bits per heavy atom. The zero-order valence-corrected chi connectivity index (χ0v) is 10.9. The van der Waals surface area contributed by atoms with Gasteiger partial charge < -0.3 is 0 Å². The van der Waals surface area contributed by atoms with E-state index < -0.39 is 11.6 Å². The molecule has 0 aliphatic carbocycles. The summed E-state index contributed by atoms with van der Waals surface area (Å²) in [5.74, 6) is -1.58. The van der Waals surface area contributed by atoms with Crippen molar-refractivity contribution in [1.29, 1.82) is 0 Å². The number of halogens is 2. The van der Waals surface area contributed by atoms with E-state index in [9.17, 15) is 8.78 Å². The van der Waals surface area contributed by atoms with Crippen LogP contribution in [0.5, 0.6) is 0 Å². The predicted molar refractivity (Wildman–Crippen MR) is 67.8 cm³/mol. The standard InChI is InChI=1S/C14H20F2N2/c1-10-4-3-5-11(2)18(10)17-9-12-6-7-13(15)14(16)8-12/h6-8,10-11,17H,3-5,9H2,1-2H3. The highest BCUT2D eigenvalue weighted by molar-refractivity contribution is 5.17. The first-order valence-corrected chi connectivity index (χ1v) is 6.53. The molecule has 0 aromatic heterocycles. The largest absolute Gasteiger partial charge is 0.250 e. The van der Waals surface area contributed by atoms with Gasteiger partial charge in [-0.1, -0.05) is 12.5 Å². The van der Waals surface area contributed by atoms with E-state index in [0.29, 0.717) is 18.6 Å². The minimum absolute atomic E-state index is 0.485. The lowest BCUT2D eigenvalue weighted by molar-refractivity contribution is 0.0435. The Bertz CT molecular complexity index is 399. The molecule has 1 aromatic rings. The summed E-state index contributed by atoms with van der Waals surface area (Å²) in [5, 5.41) is 2.23. The average Bonchev–Trinajstić information content (AvgIpc) is 2.33. The van der Waals surface area contributed by atoms with E-state index in [1.165, 1.54) is 31.4 Å². The molecule has 1 aliphatic heterocycles. The first kappa shape index (κ1) is 13.4. The Kier molecular flexibility index (Phi) is 4.30. The molecule has 2 rings (SSSR count).